The van der Waals surface area contributed by atoms with Crippen LogP contribution in [0.25, 0.3) is 10.9 Å². The number of hydrogen-bond donors (Lipinski definition) is 2. The molecule has 2 aromatic carbocycles. The minimum Gasteiger partial charge on any atom is -0.372 e. The van der Waals surface area contributed by atoms with E-state index >= 15 is 0 Å². The van der Waals surface area contributed by atoms with Crippen molar-refractivity contribution in [2.75, 3.05) is 49.2 Å². The number of piperidine rings is 2. The molecule has 0 saturated carbocycles. The molecule has 0 bridgehead atoms. The number of carbonyl (C=O) groups is 1. The number of fused-ring (bicyclic) bond motifs is 1. The fourth-order valence-electron chi connectivity index (χ4n) is 6.61. The molecule has 0 atom stereocenters. The average Bonchev–Trinajstić information content (AvgIpc) is 3.50. The molecule has 45 heavy (non-hydrogen) atoms. The molecule has 2 aliphatic rings. The Bertz CT molecular complexity index is 1460. The van der Waals surface area contributed by atoms with E-state index in [2.05, 4.69) is 52.2 Å². The first-order chi connectivity index (χ1) is 21.9. The summed E-state index contributed by atoms with van der Waals surface area (Å²) in [6, 6.07) is 12.4. The minimum absolute atomic E-state index is 0.00980. The summed E-state index contributed by atoms with van der Waals surface area (Å²) in [7, 11) is 0. The van der Waals surface area contributed by atoms with E-state index in [1.165, 1.54) is 5.69 Å². The van der Waals surface area contributed by atoms with Gasteiger partial charge < -0.3 is 29.6 Å². The van der Waals surface area contributed by atoms with Crippen LogP contribution in [0.2, 0.25) is 5.02 Å². The number of amides is 1. The maximum Gasteiger partial charge on any atom is 0.251 e. The van der Waals surface area contributed by atoms with Gasteiger partial charge in [-0.25, -0.2) is 0 Å². The Morgan fingerprint density at radius 3 is 2.31 bits per heavy atom. The predicted octanol–water partition coefficient (Wildman–Crippen LogP) is 7.58. The standard InChI is InChI=1S/C36H48ClN5O3/c1-4-6-20-44-36(45-21-7-5-2)26-12-16-41(17-13-26)29-8-9-30(25(3)22-29)35(43)40-28-14-18-42(19-15-28)32-11-10-31(37)33-27(23-38)24-39-34(32)33/h8-11,22,24,26,28,36,39H,4-7,12-21H2,1-3H3,(H,40,43). The Morgan fingerprint density at radius 1 is 1.02 bits per heavy atom. The molecule has 0 spiro atoms. The van der Waals surface area contributed by atoms with Crippen molar-refractivity contribution in [3.05, 3.63) is 58.2 Å². The van der Waals surface area contributed by atoms with Crippen LogP contribution in [-0.2, 0) is 9.47 Å². The number of nitrogens with one attached hydrogen (secondary N) is 2. The molecular weight excluding hydrogens is 586 g/mol. The fourth-order valence-corrected chi connectivity index (χ4v) is 6.87. The number of carbonyl (C=O) groups excluding carboxylic acids is 1. The maximum atomic E-state index is 13.3. The van der Waals surface area contributed by atoms with E-state index in [1.54, 1.807) is 6.20 Å². The second kappa shape index (κ2) is 15.8. The van der Waals surface area contributed by atoms with Gasteiger partial charge in [-0.15, -0.1) is 0 Å². The van der Waals surface area contributed by atoms with Crippen molar-refractivity contribution < 1.29 is 14.3 Å². The van der Waals surface area contributed by atoms with E-state index in [-0.39, 0.29) is 18.2 Å². The normalized spacial score (nSPS) is 16.4. The van der Waals surface area contributed by atoms with Crippen LogP contribution in [-0.4, -0.2) is 62.6 Å². The summed E-state index contributed by atoms with van der Waals surface area (Å²) >= 11 is 6.41. The molecule has 2 aliphatic heterocycles. The van der Waals surface area contributed by atoms with Crippen molar-refractivity contribution in [2.45, 2.75) is 84.5 Å². The summed E-state index contributed by atoms with van der Waals surface area (Å²) in [6.45, 7) is 11.5. The molecule has 3 heterocycles. The number of anilines is 2. The van der Waals surface area contributed by atoms with Gasteiger partial charge in [-0.3, -0.25) is 4.79 Å². The van der Waals surface area contributed by atoms with Gasteiger partial charge >= 0.3 is 0 Å². The number of nitriles is 1. The van der Waals surface area contributed by atoms with E-state index in [0.29, 0.717) is 16.5 Å². The highest BCUT2D eigenvalue weighted by Gasteiger charge is 2.29. The van der Waals surface area contributed by atoms with Gasteiger partial charge in [0.2, 0.25) is 0 Å². The number of hydrogen-bond acceptors (Lipinski definition) is 6. The van der Waals surface area contributed by atoms with Gasteiger partial charge in [-0.2, -0.15) is 5.26 Å². The van der Waals surface area contributed by atoms with E-state index < -0.39 is 0 Å². The zero-order valence-electron chi connectivity index (χ0n) is 27.0. The molecule has 2 N–H and O–H groups in total. The lowest BCUT2D eigenvalue weighted by atomic mass is 9.95. The molecule has 1 amide bonds. The number of unbranched alkanes of at least 4 members (excludes halogenated alkanes) is 2. The molecule has 2 fully saturated rings. The first-order valence-corrected chi connectivity index (χ1v) is 17.2. The Balaban J connectivity index is 1.13. The number of aromatic amines is 1. The van der Waals surface area contributed by atoms with E-state index in [4.69, 9.17) is 21.1 Å². The second-order valence-corrected chi connectivity index (χ2v) is 12.9. The van der Waals surface area contributed by atoms with Gasteiger partial charge in [0.1, 0.15) is 6.07 Å². The summed E-state index contributed by atoms with van der Waals surface area (Å²) in [5.41, 5.74) is 5.39. The van der Waals surface area contributed by atoms with Crippen molar-refractivity contribution >= 4 is 39.8 Å². The molecule has 3 aromatic rings. The molecule has 242 valence electrons. The number of halogens is 1. The zero-order valence-corrected chi connectivity index (χ0v) is 27.8. The van der Waals surface area contributed by atoms with Crippen molar-refractivity contribution in [1.29, 1.82) is 5.26 Å². The van der Waals surface area contributed by atoms with E-state index in [9.17, 15) is 10.1 Å². The van der Waals surface area contributed by atoms with Gasteiger partial charge in [0, 0.05) is 74.2 Å². The third-order valence-electron chi connectivity index (χ3n) is 9.36. The highest BCUT2D eigenvalue weighted by atomic mass is 35.5. The summed E-state index contributed by atoms with van der Waals surface area (Å²) in [6.07, 6.45) is 9.75. The number of nitrogens with zero attached hydrogens (tertiary/aromatic N) is 3. The van der Waals surface area contributed by atoms with Crippen LogP contribution in [0.3, 0.4) is 0 Å². The summed E-state index contributed by atoms with van der Waals surface area (Å²) in [5.74, 6) is 0.403. The number of H-pyrrole nitrogens is 1. The van der Waals surface area contributed by atoms with Gasteiger partial charge in [0.05, 0.1) is 21.8 Å². The highest BCUT2D eigenvalue weighted by molar-refractivity contribution is 6.36. The Kier molecular flexibility index (Phi) is 11.7. The van der Waals surface area contributed by atoms with Crippen LogP contribution >= 0.6 is 11.6 Å². The molecule has 1 aromatic heterocycles. The van der Waals surface area contributed by atoms with Crippen molar-refractivity contribution in [3.8, 4) is 6.07 Å². The van der Waals surface area contributed by atoms with Crippen LogP contribution in [0.4, 0.5) is 11.4 Å². The summed E-state index contributed by atoms with van der Waals surface area (Å²) in [5, 5.41) is 14.1. The SMILES string of the molecule is CCCCOC(OCCCC)C1CCN(c2ccc(C(=O)NC3CCN(c4ccc(Cl)c5c(C#N)c[nH]c45)CC3)c(C)c2)CC1. The summed E-state index contributed by atoms with van der Waals surface area (Å²) in [4.78, 5) is 21.3. The van der Waals surface area contributed by atoms with E-state index in [0.717, 1.165) is 118 Å². The van der Waals surface area contributed by atoms with Crippen LogP contribution in [0, 0.1) is 24.2 Å². The number of benzene rings is 2. The zero-order chi connectivity index (χ0) is 31.8. The van der Waals surface area contributed by atoms with Crippen LogP contribution < -0.4 is 15.1 Å². The molecule has 5 rings (SSSR count). The Labute approximate surface area is 273 Å². The van der Waals surface area contributed by atoms with Gasteiger partial charge in [-0.1, -0.05) is 38.3 Å². The molecule has 2 saturated heterocycles. The monoisotopic (exact) mass is 633 g/mol. The Hall–Kier alpha value is -3.25. The first kappa shape index (κ1) is 33.1. The number of aromatic nitrogens is 1. The molecule has 0 radical (unpaired) electrons. The first-order valence-electron chi connectivity index (χ1n) is 16.8. The predicted molar refractivity (Wildman–Crippen MR) is 182 cm³/mol. The van der Waals surface area contributed by atoms with Crippen molar-refractivity contribution in [1.82, 2.24) is 10.3 Å². The maximum absolute atomic E-state index is 13.3. The van der Waals surface area contributed by atoms with Gasteiger partial charge in [-0.05, 0) is 81.3 Å². The molecule has 9 heteroatoms. The van der Waals surface area contributed by atoms with Gasteiger partial charge in [0.15, 0.2) is 6.29 Å². The smallest absolute Gasteiger partial charge is 0.251 e. The van der Waals surface area contributed by atoms with E-state index in [1.807, 2.05) is 25.1 Å². The summed E-state index contributed by atoms with van der Waals surface area (Å²) < 4.78 is 12.4. The molecule has 0 aliphatic carbocycles. The van der Waals surface area contributed by atoms with Crippen LogP contribution in [0.1, 0.15) is 86.7 Å². The lowest BCUT2D eigenvalue weighted by Crippen LogP contribution is -2.45. The largest absolute Gasteiger partial charge is 0.372 e. The Morgan fingerprint density at radius 2 is 1.69 bits per heavy atom. The topological polar surface area (TPSA) is 93.6 Å². The van der Waals surface area contributed by atoms with Crippen LogP contribution in [0.5, 0.6) is 0 Å². The highest BCUT2D eigenvalue weighted by Crippen LogP contribution is 2.35. The van der Waals surface area contributed by atoms with Crippen molar-refractivity contribution in [2.24, 2.45) is 5.92 Å². The second-order valence-electron chi connectivity index (χ2n) is 12.5. The minimum atomic E-state index is -0.109. The quantitative estimate of drug-likeness (QED) is 0.149. The molecular formula is C36H48ClN5O3. The molecule has 0 unspecified atom stereocenters. The van der Waals surface area contributed by atoms with Crippen molar-refractivity contribution in [3.63, 3.8) is 0 Å². The number of rotatable bonds is 13. The molecule has 8 nitrogen and oxygen atoms in total. The van der Waals surface area contributed by atoms with Gasteiger partial charge in [0.25, 0.3) is 5.91 Å². The lowest BCUT2D eigenvalue weighted by molar-refractivity contribution is -0.177. The third-order valence-corrected chi connectivity index (χ3v) is 9.67. The number of ether oxygens (including phenoxy) is 2. The fraction of sp³-hybridized carbons (Fsp3) is 0.556. The third kappa shape index (κ3) is 7.95. The average molecular weight is 634 g/mol. The number of aryl methyl sites for hydroxylation is 1. The lowest BCUT2D eigenvalue weighted by Gasteiger charge is -2.37. The van der Waals surface area contributed by atoms with Crippen LogP contribution in [0.15, 0.2) is 36.5 Å².